The molecule has 22 heavy (non-hydrogen) atoms. The molecule has 10 nitrogen and oxygen atoms in total. The lowest BCUT2D eigenvalue weighted by molar-refractivity contribution is -0.131. The van der Waals surface area contributed by atoms with Crippen LogP contribution in [0, 0.1) is 5.92 Å². The highest BCUT2D eigenvalue weighted by Gasteiger charge is 2.47. The maximum absolute atomic E-state index is 11.3. The van der Waals surface area contributed by atoms with E-state index >= 15 is 0 Å². The standard InChI is InChI=1S/C11H21N2O8P/c12-10(16)6-2-1-3-13(4-6)11-9(15)8(14)7(21-11)5-20-22(17,18)19/h6-9,11,14-15H,1-5H2,(H2,12,16)(H2,17,18,19)/t6?,7-,8-,9-,11+/m1/s1. The van der Waals surface area contributed by atoms with Crippen LogP contribution in [0.1, 0.15) is 12.8 Å². The Labute approximate surface area is 127 Å². The zero-order valence-electron chi connectivity index (χ0n) is 11.8. The lowest BCUT2D eigenvalue weighted by Crippen LogP contribution is -2.50. The fourth-order valence-electron chi connectivity index (χ4n) is 2.81. The van der Waals surface area contributed by atoms with E-state index in [4.69, 9.17) is 20.3 Å². The van der Waals surface area contributed by atoms with Crippen molar-refractivity contribution in [2.24, 2.45) is 11.7 Å². The first-order chi connectivity index (χ1) is 10.2. The number of hydrogen-bond acceptors (Lipinski definition) is 7. The van der Waals surface area contributed by atoms with Gasteiger partial charge < -0.3 is 30.5 Å². The molecule has 2 heterocycles. The molecule has 0 aromatic carbocycles. The SMILES string of the molecule is NC(=O)C1CCCN([C@H]2O[C@H](COP(=O)(O)O)[C@@H](O)[C@H]2O)C1. The first kappa shape index (κ1) is 17.8. The highest BCUT2D eigenvalue weighted by atomic mass is 31.2. The molecular weight excluding hydrogens is 319 g/mol. The zero-order valence-corrected chi connectivity index (χ0v) is 12.7. The van der Waals surface area contributed by atoms with Crippen molar-refractivity contribution >= 4 is 13.7 Å². The fraction of sp³-hybridized carbons (Fsp3) is 0.909. The summed E-state index contributed by atoms with van der Waals surface area (Å²) >= 11 is 0. The molecule has 0 aliphatic carbocycles. The third kappa shape index (κ3) is 4.24. The van der Waals surface area contributed by atoms with Gasteiger partial charge in [0.15, 0.2) is 0 Å². The molecule has 0 radical (unpaired) electrons. The number of hydrogen-bond donors (Lipinski definition) is 5. The first-order valence-corrected chi connectivity index (χ1v) is 8.47. The molecule has 1 amide bonds. The van der Waals surface area contributed by atoms with Gasteiger partial charge in [0.1, 0.15) is 24.5 Å². The average Bonchev–Trinajstić information content (AvgIpc) is 2.72. The van der Waals surface area contributed by atoms with Crippen LogP contribution in [0.4, 0.5) is 0 Å². The number of primary amides is 1. The molecule has 128 valence electrons. The molecule has 2 aliphatic heterocycles. The molecule has 2 rings (SSSR count). The molecule has 2 saturated heterocycles. The number of aliphatic hydroxyl groups excluding tert-OH is 2. The molecule has 5 atom stereocenters. The van der Waals surface area contributed by atoms with E-state index in [1.807, 2.05) is 0 Å². The maximum Gasteiger partial charge on any atom is 0.469 e. The van der Waals surface area contributed by atoms with E-state index in [-0.39, 0.29) is 5.92 Å². The van der Waals surface area contributed by atoms with E-state index in [9.17, 15) is 19.6 Å². The van der Waals surface area contributed by atoms with E-state index in [1.165, 1.54) is 0 Å². The molecule has 0 aromatic heterocycles. The molecule has 0 aromatic rings. The number of carbonyl (C=O) groups is 1. The van der Waals surface area contributed by atoms with Crippen molar-refractivity contribution in [3.05, 3.63) is 0 Å². The monoisotopic (exact) mass is 340 g/mol. The Balaban J connectivity index is 1.97. The number of nitrogens with two attached hydrogens (primary N) is 1. The van der Waals surface area contributed by atoms with Gasteiger partial charge in [0, 0.05) is 13.1 Å². The van der Waals surface area contributed by atoms with Gasteiger partial charge in [-0.1, -0.05) is 0 Å². The fourth-order valence-corrected chi connectivity index (χ4v) is 3.15. The van der Waals surface area contributed by atoms with Crippen LogP contribution in [-0.2, 0) is 18.6 Å². The predicted octanol–water partition coefficient (Wildman–Crippen LogP) is -2.26. The minimum Gasteiger partial charge on any atom is -0.387 e. The Morgan fingerprint density at radius 1 is 1.36 bits per heavy atom. The number of piperidine rings is 1. The number of likely N-dealkylation sites (tertiary alicyclic amines) is 1. The predicted molar refractivity (Wildman–Crippen MR) is 72.2 cm³/mol. The van der Waals surface area contributed by atoms with Gasteiger partial charge in [0.25, 0.3) is 0 Å². The van der Waals surface area contributed by atoms with Crippen LogP contribution in [0.15, 0.2) is 0 Å². The summed E-state index contributed by atoms with van der Waals surface area (Å²) in [5.74, 6) is -0.786. The van der Waals surface area contributed by atoms with Crippen LogP contribution in [0.5, 0.6) is 0 Å². The molecule has 2 fully saturated rings. The van der Waals surface area contributed by atoms with E-state index in [0.29, 0.717) is 25.9 Å². The van der Waals surface area contributed by atoms with Crippen LogP contribution in [0.3, 0.4) is 0 Å². The number of phosphoric ester groups is 1. The second kappa shape index (κ2) is 6.90. The molecule has 0 spiro atoms. The molecule has 1 unspecified atom stereocenters. The number of amides is 1. The van der Waals surface area contributed by atoms with Gasteiger partial charge in [0.05, 0.1) is 12.5 Å². The third-order valence-corrected chi connectivity index (χ3v) is 4.44. The number of ether oxygens (including phenoxy) is 1. The number of aliphatic hydroxyl groups is 2. The van der Waals surface area contributed by atoms with E-state index in [2.05, 4.69) is 4.52 Å². The van der Waals surface area contributed by atoms with Crippen molar-refractivity contribution in [1.82, 2.24) is 4.90 Å². The summed E-state index contributed by atoms with van der Waals surface area (Å²) in [5.41, 5.74) is 5.29. The highest BCUT2D eigenvalue weighted by molar-refractivity contribution is 7.46. The van der Waals surface area contributed by atoms with Gasteiger partial charge in [-0.05, 0) is 12.8 Å². The van der Waals surface area contributed by atoms with Crippen LogP contribution >= 0.6 is 7.82 Å². The third-order valence-electron chi connectivity index (χ3n) is 3.96. The van der Waals surface area contributed by atoms with Crippen LogP contribution in [0.25, 0.3) is 0 Å². The van der Waals surface area contributed by atoms with Gasteiger partial charge in [-0.25, -0.2) is 4.57 Å². The summed E-state index contributed by atoms with van der Waals surface area (Å²) in [4.78, 5) is 30.3. The molecule has 0 bridgehead atoms. The number of phosphoric acid groups is 1. The van der Waals surface area contributed by atoms with Crippen LogP contribution in [-0.4, -0.2) is 75.0 Å². The van der Waals surface area contributed by atoms with Gasteiger partial charge >= 0.3 is 7.82 Å². The van der Waals surface area contributed by atoms with Crippen molar-refractivity contribution in [1.29, 1.82) is 0 Å². The molecule has 0 saturated carbocycles. The van der Waals surface area contributed by atoms with Crippen molar-refractivity contribution in [2.45, 2.75) is 37.4 Å². The number of carbonyl (C=O) groups excluding carboxylic acids is 1. The summed E-state index contributed by atoms with van der Waals surface area (Å²) in [6.45, 7) is 0.312. The Kier molecular flexibility index (Phi) is 5.57. The van der Waals surface area contributed by atoms with Gasteiger partial charge in [-0.2, -0.15) is 0 Å². The Bertz CT molecular complexity index is 457. The lowest BCUT2D eigenvalue weighted by Gasteiger charge is -2.36. The van der Waals surface area contributed by atoms with Crippen molar-refractivity contribution in [3.63, 3.8) is 0 Å². The molecule has 11 heteroatoms. The molecule has 2 aliphatic rings. The topological polar surface area (TPSA) is 163 Å². The average molecular weight is 340 g/mol. The van der Waals surface area contributed by atoms with E-state index in [1.54, 1.807) is 4.90 Å². The minimum absolute atomic E-state index is 0.301. The normalized spacial score (nSPS) is 37.4. The van der Waals surface area contributed by atoms with Crippen molar-refractivity contribution in [2.75, 3.05) is 19.7 Å². The van der Waals surface area contributed by atoms with E-state index in [0.717, 1.165) is 0 Å². The number of nitrogens with zero attached hydrogens (tertiary/aromatic N) is 1. The second-order valence-electron chi connectivity index (χ2n) is 5.57. The van der Waals surface area contributed by atoms with Crippen LogP contribution in [0.2, 0.25) is 0 Å². The smallest absolute Gasteiger partial charge is 0.387 e. The minimum atomic E-state index is -4.69. The highest BCUT2D eigenvalue weighted by Crippen LogP contribution is 2.37. The summed E-state index contributed by atoms with van der Waals surface area (Å²) in [6, 6.07) is 0. The van der Waals surface area contributed by atoms with E-state index < -0.39 is 44.9 Å². The van der Waals surface area contributed by atoms with Gasteiger partial charge in [0.2, 0.25) is 5.91 Å². The first-order valence-electron chi connectivity index (χ1n) is 6.94. The molecule has 6 N–H and O–H groups in total. The summed E-state index contributed by atoms with van der Waals surface area (Å²) in [6.07, 6.45) is -3.20. The molecular formula is C11H21N2O8P. The van der Waals surface area contributed by atoms with Gasteiger partial charge in [-0.15, -0.1) is 0 Å². The lowest BCUT2D eigenvalue weighted by atomic mass is 9.96. The van der Waals surface area contributed by atoms with Gasteiger partial charge in [-0.3, -0.25) is 14.2 Å². The maximum atomic E-state index is 11.3. The Morgan fingerprint density at radius 2 is 2.05 bits per heavy atom. The Morgan fingerprint density at radius 3 is 2.64 bits per heavy atom. The summed E-state index contributed by atoms with van der Waals surface area (Å²) in [7, 11) is -4.69. The quantitative estimate of drug-likeness (QED) is 0.348. The summed E-state index contributed by atoms with van der Waals surface area (Å²) < 4.78 is 20.4. The van der Waals surface area contributed by atoms with Crippen LogP contribution < -0.4 is 5.73 Å². The van der Waals surface area contributed by atoms with Crippen molar-refractivity contribution < 1.29 is 38.6 Å². The van der Waals surface area contributed by atoms with Crippen molar-refractivity contribution in [3.8, 4) is 0 Å². The second-order valence-corrected chi connectivity index (χ2v) is 6.81. The zero-order chi connectivity index (χ0) is 16.5. The largest absolute Gasteiger partial charge is 0.469 e. The number of rotatable bonds is 5. The summed E-state index contributed by atoms with van der Waals surface area (Å²) in [5, 5.41) is 20.0. The Hall–Kier alpha value is -0.580.